The van der Waals surface area contributed by atoms with Crippen molar-refractivity contribution in [1.29, 1.82) is 0 Å². The highest BCUT2D eigenvalue weighted by atomic mass is 19.3. The molecule has 176 valence electrons. The first-order valence-corrected chi connectivity index (χ1v) is 10.4. The Morgan fingerprint density at radius 3 is 2.06 bits per heavy atom. The molecule has 0 bridgehead atoms. The van der Waals surface area contributed by atoms with E-state index in [-0.39, 0.29) is 17.7 Å². The zero-order chi connectivity index (χ0) is 23.5. The summed E-state index contributed by atoms with van der Waals surface area (Å²) in [5, 5.41) is 0. The third kappa shape index (κ3) is 5.54. The fourth-order valence-electron chi connectivity index (χ4n) is 3.83. The number of unbranched alkanes of at least 4 members (excludes halogenated alkanes) is 2. The number of rotatable bonds is 8. The Labute approximate surface area is 181 Å². The maximum atomic E-state index is 14.5. The second-order valence-electron chi connectivity index (χ2n) is 7.94. The largest absolute Gasteiger partial charge is 0.432 e. The molecule has 0 amide bonds. The van der Waals surface area contributed by atoms with E-state index < -0.39 is 52.6 Å². The van der Waals surface area contributed by atoms with Crippen LogP contribution in [0.15, 0.2) is 24.3 Å². The molecule has 0 aromatic heterocycles. The minimum Gasteiger partial charge on any atom is -0.429 e. The Kier molecular flexibility index (Phi) is 7.69. The Morgan fingerprint density at radius 2 is 1.53 bits per heavy atom. The van der Waals surface area contributed by atoms with Crippen LogP contribution in [-0.2, 0) is 10.8 Å². The Bertz CT molecular complexity index is 894. The molecule has 2 aromatic rings. The molecule has 0 N–H and O–H groups in total. The van der Waals surface area contributed by atoms with Gasteiger partial charge in [0, 0.05) is 12.1 Å². The summed E-state index contributed by atoms with van der Waals surface area (Å²) < 4.78 is 107. The van der Waals surface area contributed by atoms with Crippen molar-refractivity contribution in [3.05, 3.63) is 64.5 Å². The van der Waals surface area contributed by atoms with Gasteiger partial charge in [0.15, 0.2) is 17.5 Å². The lowest BCUT2D eigenvalue weighted by atomic mass is 9.90. The highest BCUT2D eigenvalue weighted by Gasteiger charge is 2.42. The molecule has 0 radical (unpaired) electrons. The van der Waals surface area contributed by atoms with E-state index in [1.165, 1.54) is 0 Å². The first kappa shape index (κ1) is 24.4. The molecular weight excluding hydrogens is 441 g/mol. The van der Waals surface area contributed by atoms with Crippen LogP contribution in [0.3, 0.4) is 0 Å². The smallest absolute Gasteiger partial charge is 0.429 e. The summed E-state index contributed by atoms with van der Waals surface area (Å²) in [5.41, 5.74) is -1.65. The molecule has 1 heterocycles. The van der Waals surface area contributed by atoms with Gasteiger partial charge in [0.1, 0.15) is 22.9 Å². The number of benzene rings is 2. The quantitative estimate of drug-likeness (QED) is 0.228. The van der Waals surface area contributed by atoms with Crippen LogP contribution in [0.4, 0.5) is 30.7 Å². The van der Waals surface area contributed by atoms with E-state index in [2.05, 4.69) is 11.7 Å². The summed E-state index contributed by atoms with van der Waals surface area (Å²) in [6.45, 7) is 2.52. The SMILES string of the molecule is CCCCCC1CCC(c2cc(F)c(C(F)(F)Oc3cc(F)c(F)c(F)c3)c(F)c2)OC1. The summed E-state index contributed by atoms with van der Waals surface area (Å²) in [6.07, 6.45) is 0.328. The van der Waals surface area contributed by atoms with Crippen LogP contribution in [0.25, 0.3) is 0 Å². The van der Waals surface area contributed by atoms with Crippen molar-refractivity contribution in [1.82, 2.24) is 0 Å². The molecule has 32 heavy (non-hydrogen) atoms. The van der Waals surface area contributed by atoms with E-state index in [1.54, 1.807) is 0 Å². The maximum Gasteiger partial charge on any atom is 0.432 e. The molecule has 0 aliphatic carbocycles. The zero-order valence-electron chi connectivity index (χ0n) is 17.4. The summed E-state index contributed by atoms with van der Waals surface area (Å²) >= 11 is 0. The molecule has 9 heteroatoms. The molecule has 1 saturated heterocycles. The van der Waals surface area contributed by atoms with Crippen molar-refractivity contribution >= 4 is 0 Å². The second kappa shape index (κ2) is 10.1. The molecule has 1 aliphatic rings. The van der Waals surface area contributed by atoms with Gasteiger partial charge in [-0.2, -0.15) is 8.78 Å². The third-order valence-electron chi connectivity index (χ3n) is 5.52. The fourth-order valence-corrected chi connectivity index (χ4v) is 3.83. The van der Waals surface area contributed by atoms with Crippen molar-refractivity contribution in [2.45, 2.75) is 57.7 Å². The minimum atomic E-state index is -4.61. The van der Waals surface area contributed by atoms with E-state index >= 15 is 0 Å². The number of alkyl halides is 2. The lowest BCUT2D eigenvalue weighted by Gasteiger charge is -2.30. The lowest BCUT2D eigenvalue weighted by molar-refractivity contribution is -0.189. The first-order chi connectivity index (χ1) is 15.1. The van der Waals surface area contributed by atoms with Crippen molar-refractivity contribution in [3.63, 3.8) is 0 Å². The van der Waals surface area contributed by atoms with Gasteiger partial charge in [-0.05, 0) is 42.9 Å². The number of hydrogen-bond acceptors (Lipinski definition) is 2. The van der Waals surface area contributed by atoms with E-state index in [9.17, 15) is 30.7 Å². The van der Waals surface area contributed by atoms with E-state index in [1.807, 2.05) is 0 Å². The summed E-state index contributed by atoms with van der Waals surface area (Å²) in [4.78, 5) is 0. The predicted molar refractivity (Wildman–Crippen MR) is 103 cm³/mol. The maximum absolute atomic E-state index is 14.5. The molecular formula is C23H23F7O2. The molecule has 2 nitrogen and oxygen atoms in total. The predicted octanol–water partition coefficient (Wildman–Crippen LogP) is 7.56. The van der Waals surface area contributed by atoms with Gasteiger partial charge < -0.3 is 9.47 Å². The van der Waals surface area contributed by atoms with E-state index in [0.717, 1.165) is 44.2 Å². The van der Waals surface area contributed by atoms with E-state index in [4.69, 9.17) is 4.74 Å². The molecule has 0 saturated carbocycles. The fraction of sp³-hybridized carbons (Fsp3) is 0.478. The monoisotopic (exact) mass is 464 g/mol. The van der Waals surface area contributed by atoms with Gasteiger partial charge in [0.05, 0.1) is 12.7 Å². The Morgan fingerprint density at radius 1 is 0.906 bits per heavy atom. The minimum absolute atomic E-state index is 0.0745. The van der Waals surface area contributed by atoms with Crippen LogP contribution in [0.1, 0.15) is 62.7 Å². The number of ether oxygens (including phenoxy) is 2. The van der Waals surface area contributed by atoms with Gasteiger partial charge in [-0.3, -0.25) is 0 Å². The molecule has 1 aliphatic heterocycles. The van der Waals surface area contributed by atoms with Crippen LogP contribution >= 0.6 is 0 Å². The molecule has 1 fully saturated rings. The van der Waals surface area contributed by atoms with Gasteiger partial charge in [0.2, 0.25) is 0 Å². The van der Waals surface area contributed by atoms with Crippen molar-refractivity contribution < 1.29 is 40.2 Å². The van der Waals surface area contributed by atoms with Gasteiger partial charge in [-0.25, -0.2) is 22.0 Å². The summed E-state index contributed by atoms with van der Waals surface area (Å²) in [6, 6.07) is 1.79. The van der Waals surface area contributed by atoms with Gasteiger partial charge in [-0.15, -0.1) is 0 Å². The summed E-state index contributed by atoms with van der Waals surface area (Å²) in [7, 11) is 0. The molecule has 2 unspecified atom stereocenters. The van der Waals surface area contributed by atoms with Gasteiger partial charge >= 0.3 is 6.11 Å². The van der Waals surface area contributed by atoms with E-state index in [0.29, 0.717) is 18.9 Å². The average Bonchev–Trinajstić information content (AvgIpc) is 2.71. The zero-order valence-corrected chi connectivity index (χ0v) is 17.4. The average molecular weight is 464 g/mol. The molecule has 0 spiro atoms. The van der Waals surface area contributed by atoms with Crippen LogP contribution in [-0.4, -0.2) is 6.61 Å². The Balaban J connectivity index is 1.74. The number of halogens is 7. The van der Waals surface area contributed by atoms with Crippen molar-refractivity contribution in [3.8, 4) is 5.75 Å². The topological polar surface area (TPSA) is 18.5 Å². The number of hydrogen-bond donors (Lipinski definition) is 0. The molecule has 3 rings (SSSR count). The molecule has 2 aromatic carbocycles. The molecule has 2 atom stereocenters. The standard InChI is InChI=1S/C23H23F7O2/c1-2-3-4-5-13-6-7-20(31-12-13)14-8-16(24)21(17(25)9-14)23(29,30)32-15-10-18(26)22(28)19(27)11-15/h8-11,13,20H,2-7,12H2,1H3. The van der Waals surface area contributed by atoms with Crippen molar-refractivity contribution in [2.24, 2.45) is 5.92 Å². The Hall–Kier alpha value is -2.29. The third-order valence-corrected chi connectivity index (χ3v) is 5.52. The summed E-state index contributed by atoms with van der Waals surface area (Å²) in [5.74, 6) is -9.42. The normalized spacial score (nSPS) is 19.2. The van der Waals surface area contributed by atoms with Crippen LogP contribution in [0, 0.1) is 35.0 Å². The second-order valence-corrected chi connectivity index (χ2v) is 7.94. The van der Waals surface area contributed by atoms with Gasteiger partial charge in [-0.1, -0.05) is 26.2 Å². The van der Waals surface area contributed by atoms with Crippen LogP contribution in [0.2, 0.25) is 0 Å². The van der Waals surface area contributed by atoms with Crippen LogP contribution < -0.4 is 4.74 Å². The van der Waals surface area contributed by atoms with Crippen molar-refractivity contribution in [2.75, 3.05) is 6.61 Å². The van der Waals surface area contributed by atoms with Crippen LogP contribution in [0.5, 0.6) is 5.75 Å². The van der Waals surface area contributed by atoms with Gasteiger partial charge in [0.25, 0.3) is 0 Å². The highest BCUT2D eigenvalue weighted by molar-refractivity contribution is 5.32. The highest BCUT2D eigenvalue weighted by Crippen LogP contribution is 2.39. The lowest BCUT2D eigenvalue weighted by Crippen LogP contribution is -2.26. The first-order valence-electron chi connectivity index (χ1n) is 10.4.